The summed E-state index contributed by atoms with van der Waals surface area (Å²) in [5, 5.41) is 31.8. The van der Waals surface area contributed by atoms with Crippen molar-refractivity contribution < 1.29 is 39.0 Å². The number of nitrogens with two attached hydrogens (primary N) is 3. The molecule has 0 aliphatic rings. The highest BCUT2D eigenvalue weighted by Gasteiger charge is 2.30. The molecular weight excluding hydrogens is 745 g/mol. The summed E-state index contributed by atoms with van der Waals surface area (Å²) in [5.74, 6) is -4.83. The van der Waals surface area contributed by atoms with E-state index in [1.165, 1.54) is 19.1 Å². The molecule has 1 unspecified atom stereocenters. The number of nitrogens with zero attached hydrogens (tertiary/aromatic N) is 1. The molecule has 0 fully saturated rings. The first-order chi connectivity index (χ1) is 24.5. The van der Waals surface area contributed by atoms with Crippen LogP contribution in [0.25, 0.3) is 0 Å². The van der Waals surface area contributed by atoms with Crippen molar-refractivity contribution in [2.45, 2.75) is 83.1 Å². The van der Waals surface area contributed by atoms with Crippen molar-refractivity contribution in [3.05, 3.63) is 65.7 Å². The minimum absolute atomic E-state index is 0. The van der Waals surface area contributed by atoms with Crippen LogP contribution in [0, 0.1) is 5.92 Å². The van der Waals surface area contributed by atoms with Gasteiger partial charge in [-0.25, -0.2) is 4.79 Å². The molecule has 2 aromatic rings. The van der Waals surface area contributed by atoms with E-state index in [4.69, 9.17) is 17.2 Å². The molecule has 19 heteroatoms. The number of hydrogen-bond donors (Lipinski definition) is 10. The fraction of sp³-hybridized carbons (Fsp3) is 0.457. The lowest BCUT2D eigenvalue weighted by molar-refractivity contribution is -0.142. The van der Waals surface area contributed by atoms with Crippen molar-refractivity contribution in [2.75, 3.05) is 13.1 Å². The Morgan fingerprint density at radius 1 is 0.722 bits per heavy atom. The molecule has 0 radical (unpaired) electrons. The van der Waals surface area contributed by atoms with Crippen molar-refractivity contribution in [3.8, 4) is 5.75 Å². The predicted octanol–water partition coefficient (Wildman–Crippen LogP) is -0.392. The number of hydrogen-bond acceptors (Lipinski definition) is 9. The molecule has 0 spiro atoms. The first kappa shape index (κ1) is 48.9. The average Bonchev–Trinajstić information content (AvgIpc) is 3.08. The quantitative estimate of drug-likeness (QED) is 0.0441. The van der Waals surface area contributed by atoms with Gasteiger partial charge in [0.15, 0.2) is 5.96 Å². The second-order valence-corrected chi connectivity index (χ2v) is 12.8. The number of phenols is 1. The summed E-state index contributed by atoms with van der Waals surface area (Å²) in [5.41, 5.74) is 18.0. The Balaban J connectivity index is 0.0000140. The summed E-state index contributed by atoms with van der Waals surface area (Å²) >= 11 is 0. The second-order valence-electron chi connectivity index (χ2n) is 12.8. The lowest BCUT2D eigenvalue weighted by atomic mass is 10.0. The van der Waals surface area contributed by atoms with Gasteiger partial charge in [0.1, 0.15) is 29.9 Å². The molecule has 2 aromatic carbocycles. The molecule has 5 amide bonds. The monoisotopic (exact) mass is 797 g/mol. The molecule has 0 aliphatic carbocycles. The summed E-state index contributed by atoms with van der Waals surface area (Å²) in [4.78, 5) is 80.9. The fourth-order valence-electron chi connectivity index (χ4n) is 5.00. The van der Waals surface area contributed by atoms with Crippen LogP contribution in [-0.4, -0.2) is 95.0 Å². The molecule has 13 N–H and O–H groups in total. The minimum atomic E-state index is -1.27. The van der Waals surface area contributed by atoms with Crippen LogP contribution in [-0.2, 0) is 41.6 Å². The van der Waals surface area contributed by atoms with Crippen LogP contribution >= 0.6 is 24.8 Å². The third-order valence-electron chi connectivity index (χ3n) is 7.74. The van der Waals surface area contributed by atoms with Crippen LogP contribution in [0.4, 0.5) is 0 Å². The smallest absolute Gasteiger partial charge is 0.326 e. The highest BCUT2D eigenvalue weighted by molar-refractivity contribution is 5.95. The van der Waals surface area contributed by atoms with E-state index in [0.29, 0.717) is 11.1 Å². The van der Waals surface area contributed by atoms with Gasteiger partial charge in [-0.15, -0.1) is 24.8 Å². The fourth-order valence-corrected chi connectivity index (χ4v) is 5.00. The van der Waals surface area contributed by atoms with E-state index < -0.39 is 72.3 Å². The molecule has 0 aliphatic heterocycles. The van der Waals surface area contributed by atoms with Crippen LogP contribution < -0.4 is 43.8 Å². The Morgan fingerprint density at radius 3 is 1.87 bits per heavy atom. The molecule has 0 saturated heterocycles. The van der Waals surface area contributed by atoms with Gasteiger partial charge in [-0.05, 0) is 61.8 Å². The molecule has 0 bridgehead atoms. The molecule has 2 rings (SSSR count). The highest BCUT2D eigenvalue weighted by atomic mass is 35.5. The Labute approximate surface area is 326 Å². The normalized spacial score (nSPS) is 13.2. The largest absolute Gasteiger partial charge is 0.508 e. The number of amides is 5. The average molecular weight is 799 g/mol. The summed E-state index contributed by atoms with van der Waals surface area (Å²) < 4.78 is 0. The zero-order valence-corrected chi connectivity index (χ0v) is 32.1. The molecule has 5 atom stereocenters. The summed E-state index contributed by atoms with van der Waals surface area (Å²) in [6, 6.07) is 9.37. The number of nitrogens with one attached hydrogen (secondary N) is 5. The Hall–Kier alpha value is -5.13. The van der Waals surface area contributed by atoms with Gasteiger partial charge in [-0.3, -0.25) is 29.0 Å². The number of halogens is 2. The second kappa shape index (κ2) is 25.0. The van der Waals surface area contributed by atoms with E-state index >= 15 is 0 Å². The molecule has 0 saturated carbocycles. The van der Waals surface area contributed by atoms with Crippen LogP contribution in [0.15, 0.2) is 59.6 Å². The van der Waals surface area contributed by atoms with Gasteiger partial charge in [0.25, 0.3) is 0 Å². The Morgan fingerprint density at radius 2 is 1.30 bits per heavy atom. The Kier molecular flexibility index (Phi) is 22.6. The minimum Gasteiger partial charge on any atom is -0.508 e. The highest BCUT2D eigenvalue weighted by Crippen LogP contribution is 2.12. The first-order valence-electron chi connectivity index (χ1n) is 16.9. The third kappa shape index (κ3) is 18.6. The van der Waals surface area contributed by atoms with E-state index in [1.807, 2.05) is 13.8 Å². The lowest BCUT2D eigenvalue weighted by Gasteiger charge is -2.26. The maximum Gasteiger partial charge on any atom is 0.326 e. The van der Waals surface area contributed by atoms with E-state index in [1.54, 1.807) is 42.5 Å². The lowest BCUT2D eigenvalue weighted by Crippen LogP contribution is -2.57. The zero-order chi connectivity index (χ0) is 38.8. The number of carboxylic acids is 1. The summed E-state index contributed by atoms with van der Waals surface area (Å²) in [6.07, 6.45) is 0.679. The van der Waals surface area contributed by atoms with Gasteiger partial charge in [-0.1, -0.05) is 56.3 Å². The number of aliphatic carboxylic acids is 1. The Bertz CT molecular complexity index is 1540. The van der Waals surface area contributed by atoms with Crippen LogP contribution in [0.1, 0.15) is 51.2 Å². The number of aliphatic imine (C=N–C) groups is 1. The van der Waals surface area contributed by atoms with Gasteiger partial charge in [0.2, 0.25) is 29.5 Å². The summed E-state index contributed by atoms with van der Waals surface area (Å²) in [6.45, 7) is 4.71. The molecule has 0 aromatic heterocycles. The topological polar surface area (TPSA) is 293 Å². The van der Waals surface area contributed by atoms with Crippen LogP contribution in [0.3, 0.4) is 0 Å². The van der Waals surface area contributed by atoms with Gasteiger partial charge >= 0.3 is 5.97 Å². The molecular formula is C35H53Cl2N9O8. The number of aromatic hydroxyl groups is 1. The van der Waals surface area contributed by atoms with Crippen molar-refractivity contribution in [1.82, 2.24) is 26.6 Å². The molecule has 17 nitrogen and oxygen atoms in total. The van der Waals surface area contributed by atoms with Crippen molar-refractivity contribution >= 4 is 66.3 Å². The first-order valence-corrected chi connectivity index (χ1v) is 16.9. The van der Waals surface area contributed by atoms with Gasteiger partial charge in [0.05, 0.1) is 12.6 Å². The molecule has 300 valence electrons. The number of carbonyl (C=O) groups excluding carboxylic acids is 5. The van der Waals surface area contributed by atoms with Crippen molar-refractivity contribution in [1.29, 1.82) is 0 Å². The van der Waals surface area contributed by atoms with Gasteiger partial charge in [0, 0.05) is 13.0 Å². The number of guanidine groups is 1. The van der Waals surface area contributed by atoms with Crippen LogP contribution in [0.2, 0.25) is 0 Å². The standard InChI is InChI=1S/C35H51N9O8.2ClH/c1-20(2)16-27(32(49)43-26(34(51)52)10-7-15-39-35(37)38)44-33(50)28(18-22-8-5-4-6-9-22)42-29(46)19-40-30(47)21(3)41-31(48)25(36)17-23-11-13-24(45)14-12-23;;/h4-6,8-9,11-14,20-21,25-28,45H,7,10,15-19,36H2,1-3H3,(H,40,47)(H,41,48)(H,42,46)(H,43,49)(H,44,50)(H,51,52)(H4,37,38,39);2*1H/t21-,25-,26-,27?,28-;;/m0../s1. The number of benzene rings is 2. The third-order valence-corrected chi connectivity index (χ3v) is 7.74. The molecule has 54 heavy (non-hydrogen) atoms. The van der Waals surface area contributed by atoms with E-state index in [9.17, 15) is 39.0 Å². The number of phenolic OH excluding ortho intramolecular Hbond substituents is 1. The zero-order valence-electron chi connectivity index (χ0n) is 30.4. The van der Waals surface area contributed by atoms with E-state index in [0.717, 1.165) is 0 Å². The maximum absolute atomic E-state index is 13.6. The predicted molar refractivity (Wildman–Crippen MR) is 208 cm³/mol. The summed E-state index contributed by atoms with van der Waals surface area (Å²) in [7, 11) is 0. The maximum atomic E-state index is 13.6. The van der Waals surface area contributed by atoms with E-state index in [2.05, 4.69) is 31.6 Å². The number of carbonyl (C=O) groups is 6. The number of rotatable bonds is 21. The SMILES string of the molecule is CC(C)CC(NC(=O)[C@H](Cc1ccccc1)NC(=O)CNC(=O)[C@H](C)NC(=O)[C@@H](N)Cc1ccc(O)cc1)C(=O)N[C@@H](CCCN=C(N)N)C(=O)O.Cl.Cl. The van der Waals surface area contributed by atoms with Crippen molar-refractivity contribution in [3.63, 3.8) is 0 Å². The van der Waals surface area contributed by atoms with Gasteiger partial charge in [-0.2, -0.15) is 0 Å². The number of carboxylic acid groups (broad SMARTS) is 1. The van der Waals surface area contributed by atoms with Crippen molar-refractivity contribution in [2.24, 2.45) is 28.1 Å². The van der Waals surface area contributed by atoms with E-state index in [-0.39, 0.29) is 81.1 Å². The molecule has 0 heterocycles. The van der Waals surface area contributed by atoms with Gasteiger partial charge < -0.3 is 54.0 Å². The van der Waals surface area contributed by atoms with Crippen LogP contribution in [0.5, 0.6) is 5.75 Å².